The highest BCUT2D eigenvalue weighted by Crippen LogP contribution is 2.31. The van der Waals surface area contributed by atoms with E-state index in [1.54, 1.807) is 12.1 Å². The lowest BCUT2D eigenvalue weighted by Gasteiger charge is -2.31. The Kier molecular flexibility index (Phi) is 4.40. The van der Waals surface area contributed by atoms with Crippen LogP contribution in [0.25, 0.3) is 11.4 Å². The third kappa shape index (κ3) is 2.95. The SMILES string of the molecule is CCn1c(-c2ccccc2F)nnc1N1CCC(c2nc(C)no2)CC1. The Hall–Kier alpha value is -2.77. The van der Waals surface area contributed by atoms with E-state index in [0.29, 0.717) is 29.6 Å². The maximum Gasteiger partial charge on any atom is 0.229 e. The first-order valence-electron chi connectivity index (χ1n) is 8.90. The minimum absolute atomic E-state index is 0.275. The average Bonchev–Trinajstić information content (AvgIpc) is 3.28. The predicted molar refractivity (Wildman–Crippen MR) is 94.3 cm³/mol. The van der Waals surface area contributed by atoms with Gasteiger partial charge >= 0.3 is 0 Å². The lowest BCUT2D eigenvalue weighted by atomic mass is 9.97. The largest absolute Gasteiger partial charge is 0.341 e. The molecular formula is C18H21FN6O. The molecule has 1 aliphatic rings. The molecule has 3 heterocycles. The predicted octanol–water partition coefficient (Wildman–Crippen LogP) is 3.18. The smallest absolute Gasteiger partial charge is 0.229 e. The van der Waals surface area contributed by atoms with Gasteiger partial charge in [0.05, 0.1) is 5.56 Å². The highest BCUT2D eigenvalue weighted by molar-refractivity contribution is 5.58. The van der Waals surface area contributed by atoms with Gasteiger partial charge in [-0.15, -0.1) is 10.2 Å². The number of anilines is 1. The van der Waals surface area contributed by atoms with E-state index >= 15 is 0 Å². The lowest BCUT2D eigenvalue weighted by molar-refractivity contribution is 0.326. The quantitative estimate of drug-likeness (QED) is 0.715. The molecule has 0 saturated carbocycles. The minimum atomic E-state index is -0.286. The number of rotatable bonds is 4. The summed E-state index contributed by atoms with van der Waals surface area (Å²) in [5.74, 6) is 2.72. The average molecular weight is 356 g/mol. The monoisotopic (exact) mass is 356 g/mol. The van der Waals surface area contributed by atoms with E-state index in [1.807, 2.05) is 24.5 Å². The van der Waals surface area contributed by atoms with Crippen molar-refractivity contribution in [2.24, 2.45) is 0 Å². The molecule has 0 N–H and O–H groups in total. The molecule has 0 aliphatic carbocycles. The third-order valence-electron chi connectivity index (χ3n) is 4.83. The lowest BCUT2D eigenvalue weighted by Crippen LogP contribution is -2.35. The van der Waals surface area contributed by atoms with Crippen molar-refractivity contribution < 1.29 is 8.91 Å². The fourth-order valence-electron chi connectivity index (χ4n) is 3.47. The van der Waals surface area contributed by atoms with Crippen molar-refractivity contribution in [3.05, 3.63) is 41.8 Å². The molecule has 0 unspecified atom stereocenters. The van der Waals surface area contributed by atoms with Gasteiger partial charge in [0.25, 0.3) is 0 Å². The van der Waals surface area contributed by atoms with E-state index in [-0.39, 0.29) is 11.7 Å². The van der Waals surface area contributed by atoms with E-state index in [9.17, 15) is 4.39 Å². The van der Waals surface area contributed by atoms with Gasteiger partial charge in [0.1, 0.15) is 5.82 Å². The van der Waals surface area contributed by atoms with Gasteiger partial charge in [-0.1, -0.05) is 17.3 Å². The van der Waals surface area contributed by atoms with Crippen LogP contribution >= 0.6 is 0 Å². The van der Waals surface area contributed by atoms with Crippen LogP contribution in [0, 0.1) is 12.7 Å². The zero-order valence-electron chi connectivity index (χ0n) is 14.9. The van der Waals surface area contributed by atoms with Crippen LogP contribution in [0.3, 0.4) is 0 Å². The Bertz CT molecular complexity index is 897. The molecule has 1 fully saturated rings. The Morgan fingerprint density at radius 3 is 2.62 bits per heavy atom. The summed E-state index contributed by atoms with van der Waals surface area (Å²) < 4.78 is 21.4. The third-order valence-corrected chi connectivity index (χ3v) is 4.83. The second-order valence-corrected chi connectivity index (χ2v) is 6.49. The second-order valence-electron chi connectivity index (χ2n) is 6.49. The summed E-state index contributed by atoms with van der Waals surface area (Å²) in [7, 11) is 0. The van der Waals surface area contributed by atoms with Gasteiger partial charge in [0, 0.05) is 25.6 Å². The topological polar surface area (TPSA) is 72.9 Å². The maximum atomic E-state index is 14.2. The Morgan fingerprint density at radius 1 is 1.19 bits per heavy atom. The van der Waals surface area contributed by atoms with Crippen LogP contribution in [-0.4, -0.2) is 38.0 Å². The number of hydrogen-bond acceptors (Lipinski definition) is 6. The first-order chi connectivity index (χ1) is 12.7. The molecule has 0 atom stereocenters. The Labute approximate surface area is 150 Å². The number of piperidine rings is 1. The summed E-state index contributed by atoms with van der Waals surface area (Å²) in [6, 6.07) is 6.67. The fraction of sp³-hybridized carbons (Fsp3) is 0.444. The molecule has 8 heteroatoms. The van der Waals surface area contributed by atoms with Crippen LogP contribution in [0.4, 0.5) is 10.3 Å². The number of benzene rings is 1. The van der Waals surface area contributed by atoms with E-state index in [4.69, 9.17) is 4.52 Å². The molecule has 4 rings (SSSR count). The van der Waals surface area contributed by atoms with Crippen molar-refractivity contribution in [3.63, 3.8) is 0 Å². The number of hydrogen-bond donors (Lipinski definition) is 0. The highest BCUT2D eigenvalue weighted by Gasteiger charge is 2.28. The molecule has 3 aromatic rings. The molecule has 1 aliphatic heterocycles. The van der Waals surface area contributed by atoms with Gasteiger partial charge < -0.3 is 9.42 Å². The Morgan fingerprint density at radius 2 is 1.96 bits per heavy atom. The summed E-state index contributed by atoms with van der Waals surface area (Å²) in [6.07, 6.45) is 1.82. The summed E-state index contributed by atoms with van der Waals surface area (Å²) in [5, 5.41) is 12.5. The summed E-state index contributed by atoms with van der Waals surface area (Å²) in [4.78, 5) is 6.54. The van der Waals surface area contributed by atoms with Crippen molar-refractivity contribution in [3.8, 4) is 11.4 Å². The van der Waals surface area contributed by atoms with E-state index in [0.717, 1.165) is 31.9 Å². The number of nitrogens with zero attached hydrogens (tertiary/aromatic N) is 6. The zero-order chi connectivity index (χ0) is 18.1. The number of halogens is 1. The maximum absolute atomic E-state index is 14.2. The van der Waals surface area contributed by atoms with Crippen LogP contribution in [0.5, 0.6) is 0 Å². The normalized spacial score (nSPS) is 15.6. The molecule has 2 aromatic heterocycles. The highest BCUT2D eigenvalue weighted by atomic mass is 19.1. The molecule has 1 saturated heterocycles. The van der Waals surface area contributed by atoms with Gasteiger partial charge in [-0.05, 0) is 38.8 Å². The van der Waals surface area contributed by atoms with E-state index in [1.165, 1.54) is 6.07 Å². The first-order valence-corrected chi connectivity index (χ1v) is 8.90. The van der Waals surface area contributed by atoms with Gasteiger partial charge in [-0.3, -0.25) is 4.57 Å². The van der Waals surface area contributed by atoms with Crippen molar-refractivity contribution in [1.29, 1.82) is 0 Å². The van der Waals surface area contributed by atoms with Crippen LogP contribution in [-0.2, 0) is 6.54 Å². The molecule has 0 bridgehead atoms. The van der Waals surface area contributed by atoms with Crippen LogP contribution in [0.2, 0.25) is 0 Å². The van der Waals surface area contributed by atoms with Gasteiger partial charge in [0.2, 0.25) is 11.8 Å². The molecular weight excluding hydrogens is 335 g/mol. The van der Waals surface area contributed by atoms with E-state index < -0.39 is 0 Å². The summed E-state index contributed by atoms with van der Waals surface area (Å²) in [5.41, 5.74) is 0.476. The Balaban J connectivity index is 1.55. The summed E-state index contributed by atoms with van der Waals surface area (Å²) >= 11 is 0. The molecule has 0 amide bonds. The van der Waals surface area contributed by atoms with Crippen molar-refractivity contribution in [2.45, 2.75) is 39.2 Å². The molecule has 1 aromatic carbocycles. The minimum Gasteiger partial charge on any atom is -0.341 e. The van der Waals surface area contributed by atoms with Crippen LogP contribution in [0.15, 0.2) is 28.8 Å². The molecule has 0 spiro atoms. The van der Waals surface area contributed by atoms with Crippen molar-refractivity contribution in [2.75, 3.05) is 18.0 Å². The summed E-state index contributed by atoms with van der Waals surface area (Å²) in [6.45, 7) is 6.17. The van der Waals surface area contributed by atoms with Crippen molar-refractivity contribution >= 4 is 5.95 Å². The van der Waals surface area contributed by atoms with Gasteiger partial charge in [-0.25, -0.2) is 4.39 Å². The zero-order valence-corrected chi connectivity index (χ0v) is 14.9. The molecule has 7 nitrogen and oxygen atoms in total. The van der Waals surface area contributed by atoms with Crippen LogP contribution in [0.1, 0.15) is 37.4 Å². The standard InChI is InChI=1S/C18H21FN6O/c1-3-25-16(14-6-4-5-7-15(14)19)21-22-18(25)24-10-8-13(9-11-24)17-20-12(2)23-26-17/h4-7,13H,3,8-11H2,1-2H3. The van der Waals surface area contributed by atoms with Gasteiger partial charge in [0.15, 0.2) is 11.6 Å². The second kappa shape index (κ2) is 6.86. The molecule has 136 valence electrons. The molecule has 26 heavy (non-hydrogen) atoms. The van der Waals surface area contributed by atoms with Crippen molar-refractivity contribution in [1.82, 2.24) is 24.9 Å². The first kappa shape index (κ1) is 16.7. The van der Waals surface area contributed by atoms with Gasteiger partial charge in [-0.2, -0.15) is 4.98 Å². The fourth-order valence-corrected chi connectivity index (χ4v) is 3.47. The molecule has 0 radical (unpaired) electrons. The number of aromatic nitrogens is 5. The van der Waals surface area contributed by atoms with E-state index in [2.05, 4.69) is 25.2 Å². The van der Waals surface area contributed by atoms with Crippen LogP contribution < -0.4 is 4.90 Å². The number of aryl methyl sites for hydroxylation is 1.